The number of pyridine rings is 1. The zero-order chi connectivity index (χ0) is 39.7. The quantitative estimate of drug-likeness (QED) is 0.171. The number of nitrogens with zero attached hydrogens (tertiary/aromatic N) is 2. The van der Waals surface area contributed by atoms with Crippen molar-refractivity contribution in [2.45, 2.75) is 75.4 Å². The first kappa shape index (κ1) is 39.1. The molecule has 0 spiro atoms. The van der Waals surface area contributed by atoms with E-state index in [1.54, 1.807) is 46.1 Å². The van der Waals surface area contributed by atoms with Gasteiger partial charge in [-0.15, -0.1) is 13.0 Å². The summed E-state index contributed by atoms with van der Waals surface area (Å²) in [6, 6.07) is 14.3. The van der Waals surface area contributed by atoms with Crippen LogP contribution >= 0.6 is 0 Å². The Morgan fingerprint density at radius 2 is 1.85 bits per heavy atom. The number of nitrogens with one attached hydrogen (secondary N) is 3. The fourth-order valence-electron chi connectivity index (χ4n) is 6.81. The molecule has 1 unspecified atom stereocenters. The van der Waals surface area contributed by atoms with E-state index >= 15 is 0 Å². The maximum atomic E-state index is 14.5. The van der Waals surface area contributed by atoms with Crippen LogP contribution in [0.25, 0.3) is 22.2 Å². The molecule has 2 aliphatic carbocycles. The first-order valence-electron chi connectivity index (χ1n) is 18.0. The van der Waals surface area contributed by atoms with Crippen LogP contribution in [-0.4, -0.2) is 91.4 Å². The van der Waals surface area contributed by atoms with E-state index in [1.807, 2.05) is 36.4 Å². The van der Waals surface area contributed by atoms with E-state index in [9.17, 15) is 27.6 Å². The van der Waals surface area contributed by atoms with Crippen LogP contribution in [0.2, 0.25) is 0 Å². The molecule has 1 aliphatic heterocycles. The predicted molar refractivity (Wildman–Crippen MR) is 204 cm³/mol. The van der Waals surface area contributed by atoms with Crippen LogP contribution in [0.5, 0.6) is 11.5 Å². The Balaban J connectivity index is 1.34. The maximum Gasteiger partial charge on any atom is 0.408 e. The second-order valence-electron chi connectivity index (χ2n) is 15.1. The average molecular weight is 772 g/mol. The summed E-state index contributed by atoms with van der Waals surface area (Å²) in [4.78, 5) is 61.3. The summed E-state index contributed by atoms with van der Waals surface area (Å²) in [5.74, 6) is 0.546. The number of hydrogen-bond acceptors (Lipinski definition) is 10. The highest BCUT2D eigenvalue weighted by Gasteiger charge is 2.62. The number of carbonyl (C=O) groups is 4. The van der Waals surface area contributed by atoms with Crippen LogP contribution in [-0.2, 0) is 29.1 Å². The lowest BCUT2D eigenvalue weighted by atomic mass is 9.85. The third kappa shape index (κ3) is 8.39. The topological polar surface area (TPSA) is 182 Å². The van der Waals surface area contributed by atoms with Crippen LogP contribution in [0.4, 0.5) is 4.79 Å². The summed E-state index contributed by atoms with van der Waals surface area (Å²) in [5.41, 5.74) is -0.393. The highest BCUT2D eigenvalue weighted by molar-refractivity contribution is 7.91. The number of aromatic nitrogens is 1. The molecule has 15 heteroatoms. The van der Waals surface area contributed by atoms with Gasteiger partial charge in [-0.05, 0) is 36.8 Å². The fourth-order valence-corrected chi connectivity index (χ4v) is 8.18. The summed E-state index contributed by atoms with van der Waals surface area (Å²) in [6.45, 7) is 8.62. The fraction of sp³-hybridized carbons (Fsp3) is 0.425. The largest absolute Gasteiger partial charge is 0.497 e. The molecule has 2 aromatic carbocycles. The Labute approximate surface area is 320 Å². The molecule has 290 valence electrons. The molecule has 3 aromatic rings. The van der Waals surface area contributed by atoms with E-state index in [0.717, 1.165) is 5.56 Å². The lowest BCUT2D eigenvalue weighted by Gasteiger charge is -2.35. The zero-order valence-electron chi connectivity index (χ0n) is 31.2. The molecular weight excluding hydrogens is 727 g/mol. The minimum Gasteiger partial charge on any atom is -0.497 e. The molecule has 2 saturated carbocycles. The first-order chi connectivity index (χ1) is 26.1. The number of carbonyl (C=O) groups excluding carboxylic acids is 4. The van der Waals surface area contributed by atoms with Crippen molar-refractivity contribution in [3.63, 3.8) is 0 Å². The van der Waals surface area contributed by atoms with Gasteiger partial charge in [-0.2, -0.15) is 0 Å². The van der Waals surface area contributed by atoms with Gasteiger partial charge in [-0.25, -0.2) is 18.2 Å². The number of fused-ring (bicyclic) bond motifs is 1. The van der Waals surface area contributed by atoms with Crippen molar-refractivity contribution in [2.24, 2.45) is 11.3 Å². The maximum absolute atomic E-state index is 14.5. The highest BCUT2D eigenvalue weighted by atomic mass is 32.2. The van der Waals surface area contributed by atoms with Gasteiger partial charge in [0.15, 0.2) is 6.61 Å². The molecule has 55 heavy (non-hydrogen) atoms. The minimum absolute atomic E-state index is 0.00650. The van der Waals surface area contributed by atoms with Gasteiger partial charge in [0.1, 0.15) is 35.2 Å². The van der Waals surface area contributed by atoms with Crippen molar-refractivity contribution >= 4 is 44.7 Å². The predicted octanol–water partition coefficient (Wildman–Crippen LogP) is 3.70. The Kier molecular flexibility index (Phi) is 10.8. The third-order valence-electron chi connectivity index (χ3n) is 10.1. The van der Waals surface area contributed by atoms with Crippen LogP contribution in [0.1, 0.15) is 46.5 Å². The number of hydrogen-bond donors (Lipinski definition) is 3. The molecule has 0 bridgehead atoms. The third-order valence-corrected chi connectivity index (χ3v) is 11.9. The molecule has 1 saturated heterocycles. The van der Waals surface area contributed by atoms with Crippen molar-refractivity contribution < 1.29 is 41.8 Å². The number of alkyl carbamates (subject to hydrolysis) is 1. The summed E-state index contributed by atoms with van der Waals surface area (Å²) in [7, 11) is -2.36. The van der Waals surface area contributed by atoms with Crippen LogP contribution < -0.4 is 24.8 Å². The van der Waals surface area contributed by atoms with Crippen LogP contribution in [0.3, 0.4) is 0 Å². The van der Waals surface area contributed by atoms with Gasteiger partial charge in [0.2, 0.25) is 21.8 Å². The van der Waals surface area contributed by atoms with E-state index in [-0.39, 0.29) is 26.0 Å². The van der Waals surface area contributed by atoms with Crippen molar-refractivity contribution in [3.05, 3.63) is 67.3 Å². The monoisotopic (exact) mass is 771 g/mol. The molecule has 14 nitrogen and oxygen atoms in total. The number of likely N-dealkylation sites (tertiary alicyclic amines) is 1. The van der Waals surface area contributed by atoms with E-state index in [0.29, 0.717) is 40.9 Å². The molecule has 4 amide bonds. The second kappa shape index (κ2) is 15.3. The number of sulfonamides is 1. The highest BCUT2D eigenvalue weighted by Crippen LogP contribution is 2.46. The van der Waals surface area contributed by atoms with Gasteiger partial charge in [-0.3, -0.25) is 19.1 Å². The Morgan fingerprint density at radius 1 is 1.13 bits per heavy atom. The minimum atomic E-state index is -3.92. The molecule has 6 rings (SSSR count). The normalized spacial score (nSPS) is 22.5. The molecule has 3 aliphatic rings. The Bertz CT molecular complexity index is 2160. The van der Waals surface area contributed by atoms with E-state index in [4.69, 9.17) is 25.6 Å². The number of benzene rings is 2. The lowest BCUT2D eigenvalue weighted by molar-refractivity contribution is -0.142. The first-order valence-corrected chi connectivity index (χ1v) is 19.5. The zero-order valence-corrected chi connectivity index (χ0v) is 32.0. The number of methoxy groups -OCH3 is 1. The Hall–Kier alpha value is -5.62. The number of terminal acetylenes is 1. The number of amides is 4. The standard InChI is InChI=1S/C40H45N5O9S/c1-7-18-53-38(49)42-34(39(3,4)5)36(47)45-23-27(20-32(45)35(46)43-40(22-25(40)8-2)37(48)44-55(50,51)28-15-16-28)54-33-21-30(24-12-10-9-11-13-24)41-31-19-26(52-6)14-17-29(31)33/h1,8-14,17,19,21,25,27-28,32,34H,2,15-16,18,20,22-23H2,3-6H3,(H,42,49)(H,43,46)(H,44,48)/t25-,27-,32?,34-,40-/m1/s1. The molecule has 3 fully saturated rings. The van der Waals surface area contributed by atoms with Crippen molar-refractivity contribution in [1.82, 2.24) is 25.2 Å². The SMILES string of the molecule is C#CCOC(=O)N[C@H](C(=O)N1C[C@H](Oc2cc(-c3ccccc3)nc3cc(OC)ccc23)CC1C(=O)N[C@]1(C(=O)NS(=O)(=O)C2CC2)C[C@H]1C=C)C(C)(C)C. The van der Waals surface area contributed by atoms with E-state index in [1.165, 1.54) is 11.0 Å². The smallest absolute Gasteiger partial charge is 0.408 e. The van der Waals surface area contributed by atoms with Crippen molar-refractivity contribution in [2.75, 3.05) is 20.3 Å². The number of ether oxygens (including phenoxy) is 3. The van der Waals surface area contributed by atoms with Crippen molar-refractivity contribution in [3.8, 4) is 35.1 Å². The number of rotatable bonds is 13. The molecule has 2 heterocycles. The molecular formula is C40H45N5O9S. The summed E-state index contributed by atoms with van der Waals surface area (Å²) in [6.07, 6.45) is 6.09. The second-order valence-corrected chi connectivity index (χ2v) is 17.1. The lowest BCUT2D eigenvalue weighted by Crippen LogP contribution is -2.60. The van der Waals surface area contributed by atoms with Gasteiger partial charge in [0, 0.05) is 35.4 Å². The molecule has 1 aromatic heterocycles. The van der Waals surface area contributed by atoms with Crippen LogP contribution in [0, 0.1) is 23.7 Å². The van der Waals surface area contributed by atoms with Gasteiger partial charge in [0.05, 0.1) is 30.1 Å². The van der Waals surface area contributed by atoms with Crippen molar-refractivity contribution in [1.29, 1.82) is 0 Å². The molecule has 0 radical (unpaired) electrons. The van der Waals surface area contributed by atoms with Gasteiger partial charge in [-0.1, -0.05) is 63.1 Å². The summed E-state index contributed by atoms with van der Waals surface area (Å²) < 4.78 is 44.7. The summed E-state index contributed by atoms with van der Waals surface area (Å²) in [5, 5.41) is 5.40. The van der Waals surface area contributed by atoms with Gasteiger partial charge < -0.3 is 29.7 Å². The van der Waals surface area contributed by atoms with Gasteiger partial charge in [0.25, 0.3) is 5.91 Å². The van der Waals surface area contributed by atoms with Gasteiger partial charge >= 0.3 is 6.09 Å². The average Bonchev–Trinajstić information content (AvgIpc) is 4.09. The Morgan fingerprint density at radius 3 is 2.47 bits per heavy atom. The van der Waals surface area contributed by atoms with E-state index < -0.39 is 74.1 Å². The van der Waals surface area contributed by atoms with Crippen LogP contribution in [0.15, 0.2) is 67.3 Å². The van der Waals surface area contributed by atoms with E-state index in [2.05, 4.69) is 27.9 Å². The molecule has 5 atom stereocenters. The molecule has 3 N–H and O–H groups in total. The summed E-state index contributed by atoms with van der Waals surface area (Å²) >= 11 is 0.